The third-order valence-corrected chi connectivity index (χ3v) is 4.69. The highest BCUT2D eigenvalue weighted by atomic mass is 16.2. The number of ketones is 1. The van der Waals surface area contributed by atoms with Crippen LogP contribution in [0.1, 0.15) is 38.5 Å². The van der Waals surface area contributed by atoms with Crippen LogP contribution in [-0.4, -0.2) is 29.7 Å². The first-order chi connectivity index (χ1) is 7.74. The van der Waals surface area contributed by atoms with E-state index in [4.69, 9.17) is 0 Å². The van der Waals surface area contributed by atoms with Crippen molar-refractivity contribution in [2.24, 2.45) is 17.8 Å². The lowest BCUT2D eigenvalue weighted by molar-refractivity contribution is -0.139. The molecule has 3 atom stereocenters. The molecule has 3 heteroatoms. The fraction of sp³-hybridized carbons (Fsp3) is 0.846. The third kappa shape index (κ3) is 1.66. The van der Waals surface area contributed by atoms with Gasteiger partial charge < -0.3 is 4.90 Å². The van der Waals surface area contributed by atoms with Crippen molar-refractivity contribution in [3.8, 4) is 0 Å². The Hall–Kier alpha value is -0.860. The molecule has 0 aromatic carbocycles. The lowest BCUT2D eigenvalue weighted by Gasteiger charge is -2.31. The Labute approximate surface area is 96.2 Å². The van der Waals surface area contributed by atoms with Crippen molar-refractivity contribution in [1.29, 1.82) is 0 Å². The fourth-order valence-electron chi connectivity index (χ4n) is 3.76. The van der Waals surface area contributed by atoms with Crippen LogP contribution in [0.2, 0.25) is 0 Å². The van der Waals surface area contributed by atoms with Gasteiger partial charge in [-0.25, -0.2) is 0 Å². The molecule has 1 amide bonds. The maximum Gasteiger partial charge on any atom is 0.225 e. The lowest BCUT2D eigenvalue weighted by atomic mass is 9.87. The zero-order valence-corrected chi connectivity index (χ0v) is 9.65. The number of carbonyl (C=O) groups excluding carboxylic acids is 2. The summed E-state index contributed by atoms with van der Waals surface area (Å²) in [5, 5.41) is 0. The largest absolute Gasteiger partial charge is 0.342 e. The van der Waals surface area contributed by atoms with Crippen LogP contribution in [0.5, 0.6) is 0 Å². The second-order valence-electron chi connectivity index (χ2n) is 5.65. The Morgan fingerprint density at radius 2 is 1.88 bits per heavy atom. The van der Waals surface area contributed by atoms with Gasteiger partial charge in [0.2, 0.25) is 5.91 Å². The molecule has 16 heavy (non-hydrogen) atoms. The van der Waals surface area contributed by atoms with Gasteiger partial charge in [-0.2, -0.15) is 0 Å². The number of likely N-dealkylation sites (tertiary alicyclic amines) is 1. The molecule has 0 aromatic heterocycles. The van der Waals surface area contributed by atoms with E-state index in [1.807, 2.05) is 4.90 Å². The van der Waals surface area contributed by atoms with E-state index in [-0.39, 0.29) is 0 Å². The molecule has 88 valence electrons. The van der Waals surface area contributed by atoms with E-state index in [1.54, 1.807) is 0 Å². The molecule has 1 saturated heterocycles. The normalized spacial score (nSPS) is 38.1. The Morgan fingerprint density at radius 3 is 2.44 bits per heavy atom. The molecule has 0 aromatic rings. The van der Waals surface area contributed by atoms with Crippen molar-refractivity contribution in [2.75, 3.05) is 13.1 Å². The average Bonchev–Trinajstić information content (AvgIpc) is 2.91. The van der Waals surface area contributed by atoms with Crippen molar-refractivity contribution in [1.82, 2.24) is 4.90 Å². The third-order valence-electron chi connectivity index (χ3n) is 4.69. The molecule has 0 N–H and O–H groups in total. The van der Waals surface area contributed by atoms with Crippen molar-refractivity contribution in [2.45, 2.75) is 38.5 Å². The zero-order valence-electron chi connectivity index (χ0n) is 9.65. The van der Waals surface area contributed by atoms with Crippen molar-refractivity contribution >= 4 is 11.7 Å². The molecular weight excluding hydrogens is 202 g/mol. The van der Waals surface area contributed by atoms with Gasteiger partial charge in [-0.05, 0) is 31.1 Å². The molecule has 1 aliphatic heterocycles. The van der Waals surface area contributed by atoms with E-state index in [9.17, 15) is 9.59 Å². The number of Topliss-reactive ketones (excluding diaryl/α,β-unsaturated/α-hetero) is 1. The van der Waals surface area contributed by atoms with Crippen LogP contribution in [0.15, 0.2) is 0 Å². The number of piperidine rings is 1. The average molecular weight is 221 g/mol. The van der Waals surface area contributed by atoms with Crippen molar-refractivity contribution < 1.29 is 9.59 Å². The van der Waals surface area contributed by atoms with Crippen LogP contribution < -0.4 is 0 Å². The summed E-state index contributed by atoms with van der Waals surface area (Å²) < 4.78 is 0. The summed E-state index contributed by atoms with van der Waals surface area (Å²) in [4.78, 5) is 25.4. The van der Waals surface area contributed by atoms with Gasteiger partial charge in [0.1, 0.15) is 5.78 Å². The molecule has 3 fully saturated rings. The zero-order chi connectivity index (χ0) is 11.1. The first-order valence-corrected chi connectivity index (χ1v) is 6.54. The molecule has 0 spiro atoms. The van der Waals surface area contributed by atoms with Crippen LogP contribution >= 0.6 is 0 Å². The van der Waals surface area contributed by atoms with E-state index in [1.165, 1.54) is 19.3 Å². The molecule has 2 bridgehead atoms. The monoisotopic (exact) mass is 221 g/mol. The van der Waals surface area contributed by atoms with Crippen molar-refractivity contribution in [3.63, 3.8) is 0 Å². The molecule has 2 saturated carbocycles. The SMILES string of the molecule is O=C1CCN(C(=O)C2CC3CCC2C3)CC1. The summed E-state index contributed by atoms with van der Waals surface area (Å²) in [6.45, 7) is 1.34. The van der Waals surface area contributed by atoms with Crippen LogP contribution in [0.25, 0.3) is 0 Å². The molecule has 1 heterocycles. The van der Waals surface area contributed by atoms with Gasteiger partial charge in [-0.1, -0.05) is 6.42 Å². The molecule has 3 unspecified atom stereocenters. The molecule has 3 nitrogen and oxygen atoms in total. The predicted octanol–water partition coefficient (Wildman–Crippen LogP) is 1.61. The van der Waals surface area contributed by atoms with E-state index in [2.05, 4.69) is 0 Å². The highest BCUT2D eigenvalue weighted by Gasteiger charge is 2.44. The molecule has 3 rings (SSSR count). The predicted molar refractivity (Wildman–Crippen MR) is 59.8 cm³/mol. The standard InChI is InChI=1S/C13H19NO2/c15-11-3-5-14(6-4-11)13(16)12-8-9-1-2-10(12)7-9/h9-10,12H,1-8H2. The van der Waals surface area contributed by atoms with Crippen LogP contribution in [0.3, 0.4) is 0 Å². The highest BCUT2D eigenvalue weighted by Crippen LogP contribution is 2.48. The van der Waals surface area contributed by atoms with Gasteiger partial charge in [-0.15, -0.1) is 0 Å². The van der Waals surface area contributed by atoms with E-state index in [0.29, 0.717) is 49.5 Å². The minimum Gasteiger partial charge on any atom is -0.342 e. The molecule has 2 aliphatic carbocycles. The second kappa shape index (κ2) is 3.86. The van der Waals surface area contributed by atoms with E-state index >= 15 is 0 Å². The minimum absolute atomic E-state index is 0.298. The Bertz CT molecular complexity index is 316. The number of carbonyl (C=O) groups is 2. The summed E-state index contributed by atoms with van der Waals surface area (Å²) in [6, 6.07) is 0. The molecule has 0 radical (unpaired) electrons. The topological polar surface area (TPSA) is 37.4 Å². The van der Waals surface area contributed by atoms with Gasteiger partial charge >= 0.3 is 0 Å². The highest BCUT2D eigenvalue weighted by molar-refractivity contribution is 5.84. The van der Waals surface area contributed by atoms with Gasteiger partial charge in [0, 0.05) is 31.8 Å². The van der Waals surface area contributed by atoms with Gasteiger partial charge in [0.15, 0.2) is 0 Å². The summed E-state index contributed by atoms with van der Waals surface area (Å²) in [6.07, 6.45) is 6.15. The summed E-state index contributed by atoms with van der Waals surface area (Å²) >= 11 is 0. The fourth-order valence-corrected chi connectivity index (χ4v) is 3.76. The first kappa shape index (κ1) is 10.3. The first-order valence-electron chi connectivity index (χ1n) is 6.54. The number of hydrogen-bond donors (Lipinski definition) is 0. The molecular formula is C13H19NO2. The van der Waals surface area contributed by atoms with Crippen LogP contribution in [-0.2, 0) is 9.59 Å². The Morgan fingerprint density at radius 1 is 1.12 bits per heavy atom. The maximum absolute atomic E-state index is 12.3. The van der Waals surface area contributed by atoms with Crippen LogP contribution in [0.4, 0.5) is 0 Å². The number of hydrogen-bond acceptors (Lipinski definition) is 2. The minimum atomic E-state index is 0.298. The molecule has 3 aliphatic rings. The lowest BCUT2D eigenvalue weighted by Crippen LogP contribution is -2.43. The number of amides is 1. The Balaban J connectivity index is 1.63. The summed E-state index contributed by atoms with van der Waals surface area (Å²) in [7, 11) is 0. The van der Waals surface area contributed by atoms with Crippen LogP contribution in [0, 0.1) is 17.8 Å². The smallest absolute Gasteiger partial charge is 0.225 e. The maximum atomic E-state index is 12.3. The Kier molecular flexibility index (Phi) is 2.49. The quantitative estimate of drug-likeness (QED) is 0.674. The summed E-state index contributed by atoms with van der Waals surface area (Å²) in [5.41, 5.74) is 0. The van der Waals surface area contributed by atoms with E-state index in [0.717, 1.165) is 12.3 Å². The van der Waals surface area contributed by atoms with Crippen molar-refractivity contribution in [3.05, 3.63) is 0 Å². The second-order valence-corrected chi connectivity index (χ2v) is 5.65. The number of fused-ring (bicyclic) bond motifs is 2. The summed E-state index contributed by atoms with van der Waals surface area (Å²) in [5.74, 6) is 2.45. The van der Waals surface area contributed by atoms with Gasteiger partial charge in [0.25, 0.3) is 0 Å². The van der Waals surface area contributed by atoms with Gasteiger partial charge in [-0.3, -0.25) is 9.59 Å². The number of nitrogens with zero attached hydrogens (tertiary/aromatic N) is 1. The van der Waals surface area contributed by atoms with Gasteiger partial charge in [0.05, 0.1) is 0 Å². The van der Waals surface area contributed by atoms with E-state index < -0.39 is 0 Å². The number of rotatable bonds is 1.